The number of amides is 1. The molecule has 0 spiro atoms. The van der Waals surface area contributed by atoms with Crippen molar-refractivity contribution in [2.45, 2.75) is 58.7 Å². The number of aryl methyl sites for hydroxylation is 1. The van der Waals surface area contributed by atoms with Gasteiger partial charge in [-0.2, -0.15) is 0 Å². The number of carbonyl (C=O) groups is 1. The first-order valence-corrected chi connectivity index (χ1v) is 12.2. The molecule has 0 atom stereocenters. The van der Waals surface area contributed by atoms with Crippen molar-refractivity contribution >= 4 is 11.8 Å². The molecule has 1 aliphatic heterocycles. The Bertz CT molecular complexity index is 1150. The van der Waals surface area contributed by atoms with Gasteiger partial charge < -0.3 is 14.5 Å². The van der Waals surface area contributed by atoms with E-state index >= 15 is 0 Å². The number of pyridine rings is 1. The van der Waals surface area contributed by atoms with Gasteiger partial charge in [-0.1, -0.05) is 29.8 Å². The lowest BCUT2D eigenvalue weighted by molar-refractivity contribution is 0.0204. The van der Waals surface area contributed by atoms with E-state index in [1.807, 2.05) is 43.9 Å². The molecule has 1 fully saturated rings. The van der Waals surface area contributed by atoms with Crippen molar-refractivity contribution in [3.63, 3.8) is 0 Å². The topological polar surface area (TPSA) is 45.7 Å². The first-order valence-electron chi connectivity index (χ1n) is 12.2. The quantitative estimate of drug-likeness (QED) is 0.417. The number of hydrogen-bond donors (Lipinski definition) is 0. The van der Waals surface area contributed by atoms with E-state index in [9.17, 15) is 9.18 Å². The molecule has 4 rings (SSSR count). The molecule has 0 radical (unpaired) electrons. The van der Waals surface area contributed by atoms with E-state index in [-0.39, 0.29) is 18.0 Å². The molecular weight excluding hydrogens is 441 g/mol. The number of ether oxygens (including phenoxy) is 1. The van der Waals surface area contributed by atoms with Gasteiger partial charge in [0.2, 0.25) is 0 Å². The first-order chi connectivity index (χ1) is 16.7. The maximum absolute atomic E-state index is 13.8. The number of aromatic nitrogens is 1. The molecule has 1 aromatic heterocycles. The Kier molecular flexibility index (Phi) is 7.39. The highest BCUT2D eigenvalue weighted by Gasteiger charge is 2.30. The van der Waals surface area contributed by atoms with Gasteiger partial charge in [0.05, 0.1) is 5.69 Å². The summed E-state index contributed by atoms with van der Waals surface area (Å²) >= 11 is 0. The van der Waals surface area contributed by atoms with Gasteiger partial charge in [0.25, 0.3) is 0 Å². The summed E-state index contributed by atoms with van der Waals surface area (Å²) in [4.78, 5) is 21.2. The summed E-state index contributed by atoms with van der Waals surface area (Å²) in [6.45, 7) is 9.78. The van der Waals surface area contributed by atoms with E-state index in [0.29, 0.717) is 19.6 Å². The zero-order chi connectivity index (χ0) is 25.0. The van der Waals surface area contributed by atoms with Crippen LogP contribution in [-0.2, 0) is 11.3 Å². The van der Waals surface area contributed by atoms with Crippen LogP contribution in [0.4, 0.5) is 14.9 Å². The average Bonchev–Trinajstić information content (AvgIpc) is 2.82. The molecule has 184 valence electrons. The molecule has 0 bridgehead atoms. The molecule has 3 aromatic rings. The molecule has 5 nitrogen and oxygen atoms in total. The highest BCUT2D eigenvalue weighted by Crippen LogP contribution is 2.28. The minimum atomic E-state index is -0.497. The van der Waals surface area contributed by atoms with E-state index in [4.69, 9.17) is 4.74 Å². The van der Waals surface area contributed by atoms with Crippen LogP contribution in [0, 0.1) is 12.7 Å². The molecule has 2 heterocycles. The lowest BCUT2D eigenvalue weighted by atomic mass is 10.0. The summed E-state index contributed by atoms with van der Waals surface area (Å²) in [6, 6.07) is 19.4. The van der Waals surface area contributed by atoms with E-state index < -0.39 is 5.60 Å². The monoisotopic (exact) mass is 475 g/mol. The van der Waals surface area contributed by atoms with E-state index in [0.717, 1.165) is 35.3 Å². The van der Waals surface area contributed by atoms with Gasteiger partial charge in [0, 0.05) is 43.1 Å². The van der Waals surface area contributed by atoms with Crippen molar-refractivity contribution in [1.82, 2.24) is 9.88 Å². The average molecular weight is 476 g/mol. The highest BCUT2D eigenvalue weighted by molar-refractivity contribution is 5.68. The molecule has 0 aliphatic carbocycles. The van der Waals surface area contributed by atoms with Crippen molar-refractivity contribution in [3.05, 3.63) is 83.8 Å². The predicted octanol–water partition coefficient (Wildman–Crippen LogP) is 6.60. The van der Waals surface area contributed by atoms with Gasteiger partial charge >= 0.3 is 6.09 Å². The Morgan fingerprint density at radius 1 is 1.09 bits per heavy atom. The van der Waals surface area contributed by atoms with Gasteiger partial charge in [0.1, 0.15) is 11.4 Å². The number of benzene rings is 2. The second-order valence-corrected chi connectivity index (χ2v) is 10.2. The van der Waals surface area contributed by atoms with E-state index in [1.165, 1.54) is 17.7 Å². The molecule has 1 amide bonds. The number of piperidine rings is 1. The van der Waals surface area contributed by atoms with Crippen molar-refractivity contribution in [3.8, 4) is 11.3 Å². The Hall–Kier alpha value is -3.41. The molecule has 35 heavy (non-hydrogen) atoms. The number of carbonyl (C=O) groups excluding carboxylic acids is 1. The molecule has 6 heteroatoms. The maximum atomic E-state index is 13.8. The van der Waals surface area contributed by atoms with Crippen LogP contribution in [0.1, 0.15) is 44.7 Å². The highest BCUT2D eigenvalue weighted by atomic mass is 19.1. The molecule has 1 saturated heterocycles. The number of hydrogen-bond acceptors (Lipinski definition) is 4. The fourth-order valence-electron chi connectivity index (χ4n) is 4.43. The molecule has 1 aliphatic rings. The second-order valence-electron chi connectivity index (χ2n) is 10.2. The van der Waals surface area contributed by atoms with Gasteiger partial charge in [0.15, 0.2) is 0 Å². The fraction of sp³-hybridized carbons (Fsp3) is 0.379. The van der Waals surface area contributed by atoms with Gasteiger partial charge in [-0.3, -0.25) is 4.98 Å². The SMILES string of the molecule is Cc1ccc(N(Cc2ccnc(-c3cccc(F)c3)c2)C2CCN(C(=O)OC(C)(C)C)CC2)cc1. The van der Waals surface area contributed by atoms with Crippen LogP contribution in [0.25, 0.3) is 11.3 Å². The second kappa shape index (κ2) is 10.5. The van der Waals surface area contributed by atoms with Crippen LogP contribution in [0.3, 0.4) is 0 Å². The number of likely N-dealkylation sites (tertiary alicyclic amines) is 1. The first kappa shape index (κ1) is 24.7. The summed E-state index contributed by atoms with van der Waals surface area (Å²) in [7, 11) is 0. The van der Waals surface area contributed by atoms with E-state index in [2.05, 4.69) is 41.1 Å². The number of anilines is 1. The normalized spacial score (nSPS) is 14.6. The Labute approximate surface area is 207 Å². The van der Waals surface area contributed by atoms with Crippen LogP contribution < -0.4 is 4.90 Å². The number of halogens is 1. The smallest absolute Gasteiger partial charge is 0.410 e. The van der Waals surface area contributed by atoms with Crippen LogP contribution in [-0.4, -0.2) is 40.7 Å². The number of rotatable bonds is 5. The third kappa shape index (κ3) is 6.59. The van der Waals surface area contributed by atoms with Crippen LogP contribution in [0.2, 0.25) is 0 Å². The molecule has 0 N–H and O–H groups in total. The van der Waals surface area contributed by atoms with Crippen LogP contribution in [0.5, 0.6) is 0 Å². The summed E-state index contributed by atoms with van der Waals surface area (Å²) in [5, 5.41) is 0. The third-order valence-electron chi connectivity index (χ3n) is 6.22. The summed E-state index contributed by atoms with van der Waals surface area (Å²) < 4.78 is 19.3. The lowest BCUT2D eigenvalue weighted by Crippen LogP contribution is -2.48. The third-order valence-corrected chi connectivity index (χ3v) is 6.22. The van der Waals surface area contributed by atoms with Crippen molar-refractivity contribution in [2.24, 2.45) is 0 Å². The van der Waals surface area contributed by atoms with Gasteiger partial charge in [-0.15, -0.1) is 0 Å². The van der Waals surface area contributed by atoms with Crippen molar-refractivity contribution in [2.75, 3.05) is 18.0 Å². The summed E-state index contributed by atoms with van der Waals surface area (Å²) in [6.07, 6.45) is 3.25. The molecular formula is C29H34FN3O2. The largest absolute Gasteiger partial charge is 0.444 e. The Morgan fingerprint density at radius 3 is 2.46 bits per heavy atom. The van der Waals surface area contributed by atoms with Gasteiger partial charge in [-0.05, 0) is 82.5 Å². The van der Waals surface area contributed by atoms with E-state index in [1.54, 1.807) is 12.3 Å². The molecule has 0 saturated carbocycles. The van der Waals surface area contributed by atoms with Gasteiger partial charge in [-0.25, -0.2) is 9.18 Å². The van der Waals surface area contributed by atoms with Crippen LogP contribution in [0.15, 0.2) is 66.9 Å². The van der Waals surface area contributed by atoms with Crippen molar-refractivity contribution in [1.29, 1.82) is 0 Å². The lowest BCUT2D eigenvalue weighted by Gasteiger charge is -2.40. The minimum Gasteiger partial charge on any atom is -0.444 e. The molecule has 2 aromatic carbocycles. The minimum absolute atomic E-state index is 0.244. The summed E-state index contributed by atoms with van der Waals surface area (Å²) in [5.41, 5.74) is 4.49. The zero-order valence-corrected chi connectivity index (χ0v) is 21.0. The van der Waals surface area contributed by atoms with Crippen LogP contribution >= 0.6 is 0 Å². The fourth-order valence-corrected chi connectivity index (χ4v) is 4.43. The van der Waals surface area contributed by atoms with Crippen molar-refractivity contribution < 1.29 is 13.9 Å². The maximum Gasteiger partial charge on any atom is 0.410 e. The molecule has 0 unspecified atom stereocenters. The standard InChI is InChI=1S/C29H34FN3O2/c1-21-8-10-25(11-9-21)33(26-13-16-32(17-14-26)28(34)35-29(2,3)4)20-22-12-15-31-27(18-22)23-6-5-7-24(30)19-23/h5-12,15,18-19,26H,13-14,16-17,20H2,1-4H3. The zero-order valence-electron chi connectivity index (χ0n) is 21.0. The number of nitrogens with zero attached hydrogens (tertiary/aromatic N) is 3. The summed E-state index contributed by atoms with van der Waals surface area (Å²) in [5.74, 6) is -0.271. The Morgan fingerprint density at radius 2 is 1.80 bits per heavy atom. The Balaban J connectivity index is 1.53. The predicted molar refractivity (Wildman–Crippen MR) is 138 cm³/mol.